The van der Waals surface area contributed by atoms with Gasteiger partial charge in [0, 0.05) is 17.8 Å². The molecule has 0 bridgehead atoms. The lowest BCUT2D eigenvalue weighted by Crippen LogP contribution is -2.40. The van der Waals surface area contributed by atoms with Crippen molar-refractivity contribution < 1.29 is 5.11 Å². The monoisotopic (exact) mass is 249 g/mol. The van der Waals surface area contributed by atoms with E-state index in [4.69, 9.17) is 5.73 Å². The molecule has 1 fully saturated rings. The molecule has 0 atom stereocenters. The van der Waals surface area contributed by atoms with Gasteiger partial charge >= 0.3 is 0 Å². The molecule has 1 aliphatic rings. The SMILES string of the molecule is CCCNC1CCC(O)(c2cccnc2N)CC1. The van der Waals surface area contributed by atoms with E-state index in [-0.39, 0.29) is 0 Å². The number of nitrogens with two attached hydrogens (primary N) is 1. The molecule has 100 valence electrons. The van der Waals surface area contributed by atoms with Gasteiger partial charge in [-0.25, -0.2) is 4.98 Å². The van der Waals surface area contributed by atoms with Crippen LogP contribution in [0.3, 0.4) is 0 Å². The van der Waals surface area contributed by atoms with Gasteiger partial charge in [0.2, 0.25) is 0 Å². The Kier molecular flexibility index (Phi) is 4.19. The van der Waals surface area contributed by atoms with Gasteiger partial charge in [0.05, 0.1) is 5.60 Å². The van der Waals surface area contributed by atoms with Crippen LogP contribution in [-0.4, -0.2) is 22.7 Å². The van der Waals surface area contributed by atoms with Crippen LogP contribution in [-0.2, 0) is 5.60 Å². The van der Waals surface area contributed by atoms with Crippen LogP contribution < -0.4 is 11.1 Å². The van der Waals surface area contributed by atoms with E-state index in [0.29, 0.717) is 11.9 Å². The van der Waals surface area contributed by atoms with Crippen molar-refractivity contribution in [2.45, 2.75) is 50.7 Å². The Morgan fingerprint density at radius 1 is 1.50 bits per heavy atom. The highest BCUT2D eigenvalue weighted by Crippen LogP contribution is 2.38. The normalized spacial score (nSPS) is 28.2. The highest BCUT2D eigenvalue weighted by atomic mass is 16.3. The molecular weight excluding hydrogens is 226 g/mol. The molecule has 0 radical (unpaired) electrons. The molecule has 4 N–H and O–H groups in total. The van der Waals surface area contributed by atoms with Crippen LogP contribution in [0.2, 0.25) is 0 Å². The average molecular weight is 249 g/mol. The van der Waals surface area contributed by atoms with Crippen LogP contribution in [0.1, 0.15) is 44.6 Å². The number of aliphatic hydroxyl groups is 1. The lowest BCUT2D eigenvalue weighted by molar-refractivity contribution is -0.00781. The van der Waals surface area contributed by atoms with Gasteiger partial charge in [0.15, 0.2) is 0 Å². The molecule has 0 aromatic carbocycles. The van der Waals surface area contributed by atoms with Crippen LogP contribution in [0.4, 0.5) is 5.82 Å². The summed E-state index contributed by atoms with van der Waals surface area (Å²) in [6, 6.07) is 4.26. The lowest BCUT2D eigenvalue weighted by Gasteiger charge is -2.37. The molecule has 2 rings (SSSR count). The van der Waals surface area contributed by atoms with E-state index in [1.165, 1.54) is 0 Å². The van der Waals surface area contributed by atoms with Crippen LogP contribution in [0, 0.1) is 0 Å². The molecule has 1 aromatic rings. The van der Waals surface area contributed by atoms with Crippen LogP contribution in [0.15, 0.2) is 18.3 Å². The number of hydrogen-bond donors (Lipinski definition) is 3. The van der Waals surface area contributed by atoms with Gasteiger partial charge < -0.3 is 16.2 Å². The fourth-order valence-electron chi connectivity index (χ4n) is 2.73. The largest absolute Gasteiger partial charge is 0.385 e. The van der Waals surface area contributed by atoms with E-state index in [0.717, 1.165) is 44.2 Å². The Balaban J connectivity index is 2.01. The van der Waals surface area contributed by atoms with E-state index < -0.39 is 5.60 Å². The summed E-state index contributed by atoms with van der Waals surface area (Å²) in [5, 5.41) is 14.2. The molecular formula is C14H23N3O. The Labute approximate surface area is 109 Å². The zero-order chi connectivity index (χ0) is 13.0. The second kappa shape index (κ2) is 5.67. The molecule has 1 aliphatic carbocycles. The van der Waals surface area contributed by atoms with Crippen LogP contribution in [0.25, 0.3) is 0 Å². The fourth-order valence-corrected chi connectivity index (χ4v) is 2.73. The van der Waals surface area contributed by atoms with Crippen molar-refractivity contribution in [3.8, 4) is 0 Å². The van der Waals surface area contributed by atoms with Crippen molar-refractivity contribution in [3.05, 3.63) is 23.9 Å². The summed E-state index contributed by atoms with van der Waals surface area (Å²) in [7, 11) is 0. The van der Waals surface area contributed by atoms with Gasteiger partial charge in [-0.3, -0.25) is 0 Å². The van der Waals surface area contributed by atoms with E-state index >= 15 is 0 Å². The first-order valence-electron chi connectivity index (χ1n) is 6.82. The predicted molar refractivity (Wildman–Crippen MR) is 73.1 cm³/mol. The number of nitrogen functional groups attached to an aromatic ring is 1. The second-order valence-corrected chi connectivity index (χ2v) is 5.20. The highest BCUT2D eigenvalue weighted by molar-refractivity contribution is 5.43. The van der Waals surface area contributed by atoms with Gasteiger partial charge in [-0.2, -0.15) is 0 Å². The summed E-state index contributed by atoms with van der Waals surface area (Å²) in [5.41, 5.74) is 5.87. The molecule has 1 saturated carbocycles. The van der Waals surface area contributed by atoms with Crippen molar-refractivity contribution in [1.29, 1.82) is 0 Å². The Bertz CT molecular complexity index is 386. The number of nitrogens with zero attached hydrogens (tertiary/aromatic N) is 1. The highest BCUT2D eigenvalue weighted by Gasteiger charge is 2.36. The minimum absolute atomic E-state index is 0.458. The number of hydrogen-bond acceptors (Lipinski definition) is 4. The molecule has 18 heavy (non-hydrogen) atoms. The summed E-state index contributed by atoms with van der Waals surface area (Å²) >= 11 is 0. The first-order chi connectivity index (χ1) is 8.65. The van der Waals surface area contributed by atoms with Gasteiger partial charge in [0.1, 0.15) is 5.82 Å². The van der Waals surface area contributed by atoms with Crippen molar-refractivity contribution in [2.75, 3.05) is 12.3 Å². The van der Waals surface area contributed by atoms with Gasteiger partial charge in [0.25, 0.3) is 0 Å². The smallest absolute Gasteiger partial charge is 0.129 e. The van der Waals surface area contributed by atoms with Crippen molar-refractivity contribution >= 4 is 5.82 Å². The van der Waals surface area contributed by atoms with E-state index in [9.17, 15) is 5.11 Å². The lowest BCUT2D eigenvalue weighted by atomic mass is 9.78. The molecule has 4 nitrogen and oxygen atoms in total. The standard InChI is InChI=1S/C14H23N3O/c1-2-9-16-11-5-7-14(18,8-6-11)12-4-3-10-17-13(12)15/h3-4,10-11,16,18H,2,5-9H2,1H3,(H2,15,17). The van der Waals surface area contributed by atoms with Gasteiger partial charge in [-0.1, -0.05) is 13.0 Å². The Hall–Kier alpha value is -1.13. The summed E-state index contributed by atoms with van der Waals surface area (Å²) in [6.45, 7) is 3.22. The first-order valence-corrected chi connectivity index (χ1v) is 6.82. The third-order valence-electron chi connectivity index (χ3n) is 3.84. The van der Waals surface area contributed by atoms with Crippen LogP contribution >= 0.6 is 0 Å². The maximum atomic E-state index is 10.7. The second-order valence-electron chi connectivity index (χ2n) is 5.20. The molecule has 0 saturated heterocycles. The molecule has 0 amide bonds. The maximum absolute atomic E-state index is 10.7. The van der Waals surface area contributed by atoms with Crippen LogP contribution in [0.5, 0.6) is 0 Å². The zero-order valence-electron chi connectivity index (χ0n) is 11.0. The minimum Gasteiger partial charge on any atom is -0.385 e. The summed E-state index contributed by atoms with van der Waals surface area (Å²) in [6.07, 6.45) is 6.30. The molecule has 0 unspecified atom stereocenters. The number of anilines is 1. The third kappa shape index (κ3) is 2.82. The summed E-state index contributed by atoms with van der Waals surface area (Å²) in [5.74, 6) is 0.458. The molecule has 1 aromatic heterocycles. The summed E-state index contributed by atoms with van der Waals surface area (Å²) in [4.78, 5) is 4.07. The Morgan fingerprint density at radius 2 is 2.22 bits per heavy atom. The quantitative estimate of drug-likeness (QED) is 0.761. The summed E-state index contributed by atoms with van der Waals surface area (Å²) < 4.78 is 0. The topological polar surface area (TPSA) is 71.2 Å². The third-order valence-corrected chi connectivity index (χ3v) is 3.84. The number of nitrogens with one attached hydrogen (secondary N) is 1. The molecule has 4 heteroatoms. The predicted octanol–water partition coefficient (Wildman–Crippen LogP) is 1.79. The van der Waals surface area contributed by atoms with Crippen molar-refractivity contribution in [3.63, 3.8) is 0 Å². The first kappa shape index (κ1) is 13.3. The fraction of sp³-hybridized carbons (Fsp3) is 0.643. The minimum atomic E-state index is -0.789. The number of rotatable bonds is 4. The Morgan fingerprint density at radius 3 is 2.83 bits per heavy atom. The maximum Gasteiger partial charge on any atom is 0.129 e. The zero-order valence-corrected chi connectivity index (χ0v) is 11.0. The molecule has 1 heterocycles. The van der Waals surface area contributed by atoms with E-state index in [2.05, 4.69) is 17.2 Å². The van der Waals surface area contributed by atoms with Crippen molar-refractivity contribution in [1.82, 2.24) is 10.3 Å². The van der Waals surface area contributed by atoms with Crippen molar-refractivity contribution in [2.24, 2.45) is 0 Å². The number of pyridine rings is 1. The molecule has 0 aliphatic heterocycles. The van der Waals surface area contributed by atoms with E-state index in [1.807, 2.05) is 12.1 Å². The van der Waals surface area contributed by atoms with Gasteiger partial charge in [-0.15, -0.1) is 0 Å². The number of aromatic nitrogens is 1. The molecule has 0 spiro atoms. The van der Waals surface area contributed by atoms with Gasteiger partial charge in [-0.05, 0) is 44.7 Å². The van der Waals surface area contributed by atoms with E-state index in [1.54, 1.807) is 6.20 Å². The average Bonchev–Trinajstić information content (AvgIpc) is 2.39.